The van der Waals surface area contributed by atoms with Crippen LogP contribution in [0.5, 0.6) is 5.75 Å². The Kier molecular flexibility index (Phi) is 5.96. The summed E-state index contributed by atoms with van der Waals surface area (Å²) in [6, 6.07) is 11.2. The molecule has 2 aromatic carbocycles. The van der Waals surface area contributed by atoms with Gasteiger partial charge in [0.15, 0.2) is 0 Å². The number of benzene rings is 2. The van der Waals surface area contributed by atoms with Gasteiger partial charge in [0.2, 0.25) is 5.91 Å². The smallest absolute Gasteiger partial charge is 0.224 e. The summed E-state index contributed by atoms with van der Waals surface area (Å²) in [6.07, 6.45) is -1.07. The molecule has 0 aromatic heterocycles. The fourth-order valence-corrected chi connectivity index (χ4v) is 2.33. The summed E-state index contributed by atoms with van der Waals surface area (Å²) in [5.41, 5.74) is 0.760. The van der Waals surface area contributed by atoms with Gasteiger partial charge in [0.05, 0.1) is 19.6 Å². The number of amides is 1. The molecule has 23 heavy (non-hydrogen) atoms. The van der Waals surface area contributed by atoms with Gasteiger partial charge in [-0.2, -0.15) is 0 Å². The van der Waals surface area contributed by atoms with Gasteiger partial charge in [-0.05, 0) is 29.8 Å². The second-order valence-electron chi connectivity index (χ2n) is 4.97. The fourth-order valence-electron chi connectivity index (χ4n) is 2.10. The van der Waals surface area contributed by atoms with Crippen molar-refractivity contribution >= 4 is 17.5 Å². The van der Waals surface area contributed by atoms with Crippen LogP contribution < -0.4 is 10.1 Å². The average Bonchev–Trinajstić information content (AvgIpc) is 2.56. The first-order valence-corrected chi connectivity index (χ1v) is 7.40. The number of carbonyl (C=O) groups excluding carboxylic acids is 1. The average molecular weight is 338 g/mol. The summed E-state index contributed by atoms with van der Waals surface area (Å²) in [4.78, 5) is 11.9. The van der Waals surface area contributed by atoms with Crippen LogP contribution in [0.25, 0.3) is 0 Å². The van der Waals surface area contributed by atoms with E-state index >= 15 is 0 Å². The zero-order valence-corrected chi connectivity index (χ0v) is 13.3. The van der Waals surface area contributed by atoms with E-state index in [1.165, 1.54) is 25.3 Å². The summed E-state index contributed by atoms with van der Waals surface area (Å²) < 4.78 is 18.7. The Balaban J connectivity index is 1.93. The van der Waals surface area contributed by atoms with Gasteiger partial charge >= 0.3 is 0 Å². The van der Waals surface area contributed by atoms with E-state index in [1.807, 2.05) is 0 Å². The summed E-state index contributed by atoms with van der Waals surface area (Å²) >= 11 is 5.88. The summed E-state index contributed by atoms with van der Waals surface area (Å²) in [5.74, 6) is -0.328. The van der Waals surface area contributed by atoms with E-state index in [0.29, 0.717) is 11.3 Å². The molecule has 2 rings (SSSR count). The summed E-state index contributed by atoms with van der Waals surface area (Å²) in [7, 11) is 1.53. The third-order valence-corrected chi connectivity index (χ3v) is 3.72. The van der Waals surface area contributed by atoms with E-state index in [2.05, 4.69) is 5.32 Å². The molecule has 0 aliphatic carbocycles. The maximum Gasteiger partial charge on any atom is 0.224 e. The molecular weight excluding hydrogens is 321 g/mol. The maximum absolute atomic E-state index is 13.6. The number of aliphatic hydroxyl groups is 1. The van der Waals surface area contributed by atoms with Crippen LogP contribution in [0.15, 0.2) is 42.5 Å². The van der Waals surface area contributed by atoms with E-state index in [9.17, 15) is 14.3 Å². The first-order valence-electron chi connectivity index (χ1n) is 7.03. The number of aliphatic hydroxyl groups excluding tert-OH is 1. The minimum Gasteiger partial charge on any atom is -0.497 e. The lowest BCUT2D eigenvalue weighted by molar-refractivity contribution is -0.120. The van der Waals surface area contributed by atoms with Crippen molar-refractivity contribution in [3.05, 3.63) is 64.4 Å². The first-order chi connectivity index (χ1) is 11.0. The molecular formula is C17H17ClFNO3. The van der Waals surface area contributed by atoms with E-state index < -0.39 is 17.8 Å². The second kappa shape index (κ2) is 7.94. The molecule has 0 fully saturated rings. The number of halogens is 2. The molecule has 0 saturated carbocycles. The fraction of sp³-hybridized carbons (Fsp3) is 0.235. The lowest BCUT2D eigenvalue weighted by Crippen LogP contribution is -2.30. The Morgan fingerprint density at radius 1 is 1.35 bits per heavy atom. The van der Waals surface area contributed by atoms with E-state index in [1.54, 1.807) is 24.3 Å². The van der Waals surface area contributed by atoms with Gasteiger partial charge in [0.25, 0.3) is 0 Å². The number of methoxy groups -OCH3 is 1. The van der Waals surface area contributed by atoms with Gasteiger partial charge in [-0.3, -0.25) is 4.79 Å². The van der Waals surface area contributed by atoms with Crippen molar-refractivity contribution in [2.24, 2.45) is 0 Å². The Morgan fingerprint density at radius 3 is 2.78 bits per heavy atom. The molecule has 0 heterocycles. The van der Waals surface area contributed by atoms with Crippen LogP contribution in [0.3, 0.4) is 0 Å². The SMILES string of the molecule is COc1cccc(C(O)CNC(=O)Cc2c(F)cccc2Cl)c1. The zero-order valence-electron chi connectivity index (χ0n) is 12.6. The minimum atomic E-state index is -0.884. The molecule has 0 saturated heterocycles. The Hall–Kier alpha value is -2.11. The summed E-state index contributed by atoms with van der Waals surface area (Å²) in [5, 5.41) is 12.9. The molecule has 0 radical (unpaired) electrons. The molecule has 122 valence electrons. The van der Waals surface area contributed by atoms with E-state index in [0.717, 1.165) is 0 Å². The number of hydrogen-bond acceptors (Lipinski definition) is 3. The maximum atomic E-state index is 13.6. The highest BCUT2D eigenvalue weighted by Crippen LogP contribution is 2.20. The number of rotatable bonds is 6. The van der Waals surface area contributed by atoms with E-state index in [4.69, 9.17) is 16.3 Å². The third kappa shape index (κ3) is 4.68. The van der Waals surface area contributed by atoms with Crippen LogP contribution in [-0.2, 0) is 11.2 Å². The molecule has 1 atom stereocenters. The highest BCUT2D eigenvalue weighted by Gasteiger charge is 2.14. The van der Waals surface area contributed by atoms with Crippen molar-refractivity contribution in [1.82, 2.24) is 5.32 Å². The van der Waals surface area contributed by atoms with Gasteiger partial charge in [-0.15, -0.1) is 0 Å². The highest BCUT2D eigenvalue weighted by atomic mass is 35.5. The predicted molar refractivity (Wildman–Crippen MR) is 86.1 cm³/mol. The van der Waals surface area contributed by atoms with Crippen LogP contribution >= 0.6 is 11.6 Å². The largest absolute Gasteiger partial charge is 0.497 e. The Bertz CT molecular complexity index is 673. The van der Waals surface area contributed by atoms with Crippen molar-refractivity contribution in [3.63, 3.8) is 0 Å². The monoisotopic (exact) mass is 337 g/mol. The van der Waals surface area contributed by atoms with Crippen LogP contribution in [0.2, 0.25) is 5.02 Å². The van der Waals surface area contributed by atoms with Crippen LogP contribution in [0.1, 0.15) is 17.2 Å². The first kappa shape index (κ1) is 17.2. The standard InChI is InChI=1S/C17H17ClFNO3/c1-23-12-5-2-4-11(8-12)16(21)10-20-17(22)9-13-14(18)6-3-7-15(13)19/h2-8,16,21H,9-10H2,1H3,(H,20,22). The number of hydrogen-bond donors (Lipinski definition) is 2. The summed E-state index contributed by atoms with van der Waals surface area (Å²) in [6.45, 7) is 0.0120. The molecule has 2 aromatic rings. The predicted octanol–water partition coefficient (Wildman–Crippen LogP) is 2.88. The quantitative estimate of drug-likeness (QED) is 0.852. The van der Waals surface area contributed by atoms with Crippen LogP contribution in [-0.4, -0.2) is 24.7 Å². The van der Waals surface area contributed by atoms with Gasteiger partial charge in [0.1, 0.15) is 11.6 Å². The van der Waals surface area contributed by atoms with Crippen molar-refractivity contribution in [2.45, 2.75) is 12.5 Å². The Labute approximate surface area is 138 Å². The number of ether oxygens (including phenoxy) is 1. The zero-order chi connectivity index (χ0) is 16.8. The highest BCUT2D eigenvalue weighted by molar-refractivity contribution is 6.31. The molecule has 0 aliphatic rings. The van der Waals surface area contributed by atoms with Gasteiger partial charge in [-0.1, -0.05) is 29.8 Å². The van der Waals surface area contributed by atoms with Crippen LogP contribution in [0.4, 0.5) is 4.39 Å². The van der Waals surface area contributed by atoms with Crippen molar-refractivity contribution < 1.29 is 19.0 Å². The van der Waals surface area contributed by atoms with Crippen molar-refractivity contribution in [1.29, 1.82) is 0 Å². The van der Waals surface area contributed by atoms with Crippen molar-refractivity contribution in [3.8, 4) is 5.75 Å². The second-order valence-corrected chi connectivity index (χ2v) is 5.38. The number of nitrogens with one attached hydrogen (secondary N) is 1. The van der Waals surface area contributed by atoms with Crippen molar-refractivity contribution in [2.75, 3.05) is 13.7 Å². The minimum absolute atomic E-state index is 0.0120. The molecule has 0 spiro atoms. The topological polar surface area (TPSA) is 58.6 Å². The molecule has 1 unspecified atom stereocenters. The lowest BCUT2D eigenvalue weighted by atomic mass is 10.1. The molecule has 0 aliphatic heterocycles. The third-order valence-electron chi connectivity index (χ3n) is 3.37. The van der Waals surface area contributed by atoms with Crippen LogP contribution in [0, 0.1) is 5.82 Å². The molecule has 1 amide bonds. The van der Waals surface area contributed by atoms with Gasteiger partial charge in [-0.25, -0.2) is 4.39 Å². The van der Waals surface area contributed by atoms with E-state index in [-0.39, 0.29) is 23.6 Å². The molecule has 0 bridgehead atoms. The molecule has 4 nitrogen and oxygen atoms in total. The lowest BCUT2D eigenvalue weighted by Gasteiger charge is -2.13. The molecule has 2 N–H and O–H groups in total. The Morgan fingerprint density at radius 2 is 2.09 bits per heavy atom. The van der Waals surface area contributed by atoms with Gasteiger partial charge < -0.3 is 15.2 Å². The normalized spacial score (nSPS) is 11.8. The number of carbonyl (C=O) groups is 1. The van der Waals surface area contributed by atoms with Gasteiger partial charge in [0, 0.05) is 17.1 Å². The molecule has 6 heteroatoms.